The molecule has 0 radical (unpaired) electrons. The lowest BCUT2D eigenvalue weighted by Gasteiger charge is -2.12. The molecule has 5 nitrogen and oxygen atoms in total. The number of carbonyl (C=O) groups excluding carboxylic acids is 1. The van der Waals surface area contributed by atoms with Gasteiger partial charge >= 0.3 is 0 Å². The van der Waals surface area contributed by atoms with Crippen molar-refractivity contribution in [1.29, 1.82) is 0 Å². The van der Waals surface area contributed by atoms with Gasteiger partial charge < -0.3 is 10.1 Å². The highest BCUT2D eigenvalue weighted by molar-refractivity contribution is 9.10. The van der Waals surface area contributed by atoms with E-state index in [0.29, 0.717) is 21.7 Å². The van der Waals surface area contributed by atoms with E-state index in [1.54, 1.807) is 18.2 Å². The summed E-state index contributed by atoms with van der Waals surface area (Å²) in [5, 5.41) is 3.21. The van der Waals surface area contributed by atoms with Crippen molar-refractivity contribution in [3.63, 3.8) is 0 Å². The first-order chi connectivity index (χ1) is 9.35. The van der Waals surface area contributed by atoms with Crippen molar-refractivity contribution in [3.05, 3.63) is 27.7 Å². The summed E-state index contributed by atoms with van der Waals surface area (Å²) < 4.78 is 28.6. The average molecular weight is 383 g/mol. The Balaban J connectivity index is 1.84. The maximum Gasteiger partial charge on any atom is 0.258 e. The van der Waals surface area contributed by atoms with Gasteiger partial charge in [0, 0.05) is 11.1 Å². The molecule has 0 bridgehead atoms. The lowest BCUT2D eigenvalue weighted by molar-refractivity contribution is -0.123. The number of hydrogen-bond donors (Lipinski definition) is 1. The van der Waals surface area contributed by atoms with E-state index in [4.69, 9.17) is 16.3 Å². The van der Waals surface area contributed by atoms with Gasteiger partial charge in [-0.1, -0.05) is 11.6 Å². The van der Waals surface area contributed by atoms with E-state index in [1.165, 1.54) is 0 Å². The fourth-order valence-corrected chi connectivity index (χ4v) is 4.38. The van der Waals surface area contributed by atoms with E-state index in [9.17, 15) is 13.2 Å². The number of ether oxygens (including phenoxy) is 1. The number of carbonyl (C=O) groups is 1. The second kappa shape index (κ2) is 6.32. The Labute approximate surface area is 130 Å². The Bertz CT molecular complexity index is 620. The summed E-state index contributed by atoms with van der Waals surface area (Å²) in [6.45, 7) is -0.170. The number of hydrogen-bond acceptors (Lipinski definition) is 4. The number of nitrogens with one attached hydrogen (secondary N) is 1. The third-order valence-electron chi connectivity index (χ3n) is 2.85. The molecule has 1 aromatic carbocycles. The summed E-state index contributed by atoms with van der Waals surface area (Å²) in [5.74, 6) is 0.294. The topological polar surface area (TPSA) is 72.5 Å². The molecule has 8 heteroatoms. The smallest absolute Gasteiger partial charge is 0.258 e. The summed E-state index contributed by atoms with van der Waals surface area (Å²) in [7, 11) is -3.00. The highest BCUT2D eigenvalue weighted by Gasteiger charge is 2.28. The van der Waals surface area contributed by atoms with Crippen LogP contribution in [0.3, 0.4) is 0 Å². The quantitative estimate of drug-likeness (QED) is 0.861. The predicted octanol–water partition coefficient (Wildman–Crippen LogP) is 1.78. The molecule has 1 aliphatic rings. The van der Waals surface area contributed by atoms with Crippen LogP contribution in [0.15, 0.2) is 22.7 Å². The molecule has 0 aliphatic carbocycles. The molecule has 1 unspecified atom stereocenters. The number of sulfone groups is 1. The van der Waals surface area contributed by atoms with E-state index in [-0.39, 0.29) is 30.1 Å². The molecule has 1 heterocycles. The van der Waals surface area contributed by atoms with Crippen LogP contribution in [0, 0.1) is 0 Å². The fourth-order valence-electron chi connectivity index (χ4n) is 1.91. The molecule has 110 valence electrons. The molecule has 2 rings (SSSR count). The largest absolute Gasteiger partial charge is 0.483 e. The van der Waals surface area contributed by atoms with Gasteiger partial charge in [0.05, 0.1) is 16.0 Å². The summed E-state index contributed by atoms with van der Waals surface area (Å²) in [6, 6.07) is 4.66. The molecule has 1 N–H and O–H groups in total. The zero-order valence-electron chi connectivity index (χ0n) is 10.4. The lowest BCUT2D eigenvalue weighted by Crippen LogP contribution is -2.38. The van der Waals surface area contributed by atoms with E-state index in [0.717, 1.165) is 0 Å². The first-order valence-corrected chi connectivity index (χ1v) is 8.92. The standard InChI is InChI=1S/C12H13BrClNO4S/c13-10-5-8(14)1-2-11(10)19-6-12(16)15-9-3-4-20(17,18)7-9/h1-2,5,9H,3-4,6-7H2,(H,15,16). The van der Waals surface area contributed by atoms with E-state index in [2.05, 4.69) is 21.2 Å². The normalized spacial score (nSPS) is 20.6. The highest BCUT2D eigenvalue weighted by atomic mass is 79.9. The van der Waals surface area contributed by atoms with Gasteiger partial charge in [-0.15, -0.1) is 0 Å². The summed E-state index contributed by atoms with van der Waals surface area (Å²) in [6.07, 6.45) is 0.457. The van der Waals surface area contributed by atoms with E-state index < -0.39 is 9.84 Å². The Kier molecular flexibility index (Phi) is 4.93. The van der Waals surface area contributed by atoms with E-state index in [1.807, 2.05) is 0 Å². The maximum absolute atomic E-state index is 11.7. The highest BCUT2D eigenvalue weighted by Crippen LogP contribution is 2.27. The minimum absolute atomic E-state index is 0.00335. The van der Waals surface area contributed by atoms with Crippen molar-refractivity contribution >= 4 is 43.3 Å². The molecule has 1 fully saturated rings. The molecule has 1 saturated heterocycles. The number of rotatable bonds is 4. The molecule has 1 aliphatic heterocycles. The molecule has 20 heavy (non-hydrogen) atoms. The van der Waals surface area contributed by atoms with Gasteiger partial charge in [-0.3, -0.25) is 4.79 Å². The van der Waals surface area contributed by atoms with Crippen molar-refractivity contribution in [1.82, 2.24) is 5.32 Å². The monoisotopic (exact) mass is 381 g/mol. The van der Waals surface area contributed by atoms with Gasteiger partial charge in [0.1, 0.15) is 5.75 Å². The van der Waals surface area contributed by atoms with Crippen molar-refractivity contribution in [2.45, 2.75) is 12.5 Å². The van der Waals surface area contributed by atoms with E-state index >= 15 is 0 Å². The molecule has 1 atom stereocenters. The summed E-state index contributed by atoms with van der Waals surface area (Å²) >= 11 is 9.08. The van der Waals surface area contributed by atoms with Gasteiger partial charge in [0.2, 0.25) is 0 Å². The summed E-state index contributed by atoms with van der Waals surface area (Å²) in [4.78, 5) is 11.7. The fraction of sp³-hybridized carbons (Fsp3) is 0.417. The van der Waals surface area contributed by atoms with Gasteiger partial charge in [0.25, 0.3) is 5.91 Å². The Morgan fingerprint density at radius 1 is 1.50 bits per heavy atom. The van der Waals surface area contributed by atoms with Gasteiger partial charge in [-0.05, 0) is 40.5 Å². The van der Waals surface area contributed by atoms with Crippen LogP contribution >= 0.6 is 27.5 Å². The molecule has 1 amide bonds. The second-order valence-corrected chi connectivity index (χ2v) is 8.05. The number of halogens is 2. The van der Waals surface area contributed by atoms with Crippen molar-refractivity contribution in [2.75, 3.05) is 18.1 Å². The van der Waals surface area contributed by atoms with Gasteiger partial charge in [-0.2, -0.15) is 0 Å². The van der Waals surface area contributed by atoms with Crippen LogP contribution in [0.2, 0.25) is 5.02 Å². The molecular formula is C12H13BrClNO4S. The second-order valence-electron chi connectivity index (χ2n) is 4.53. The van der Waals surface area contributed by atoms with Crippen LogP contribution < -0.4 is 10.1 Å². The van der Waals surface area contributed by atoms with Crippen LogP contribution in [0.1, 0.15) is 6.42 Å². The zero-order chi connectivity index (χ0) is 14.8. The minimum atomic E-state index is -3.00. The maximum atomic E-state index is 11.7. The van der Waals surface area contributed by atoms with Crippen molar-refractivity contribution in [2.24, 2.45) is 0 Å². The van der Waals surface area contributed by atoms with Crippen molar-refractivity contribution < 1.29 is 17.9 Å². The Hall–Kier alpha value is -0.790. The van der Waals surface area contributed by atoms with Crippen LogP contribution in [0.4, 0.5) is 0 Å². The Morgan fingerprint density at radius 2 is 2.25 bits per heavy atom. The number of benzene rings is 1. The SMILES string of the molecule is O=C(COc1ccc(Cl)cc1Br)NC1CCS(=O)(=O)C1. The summed E-state index contributed by atoms with van der Waals surface area (Å²) in [5.41, 5.74) is 0. The molecular weight excluding hydrogens is 370 g/mol. The lowest BCUT2D eigenvalue weighted by atomic mass is 10.2. The van der Waals surface area contributed by atoms with Crippen LogP contribution in [-0.2, 0) is 14.6 Å². The third kappa shape index (κ3) is 4.36. The molecule has 0 saturated carbocycles. The van der Waals surface area contributed by atoms with Crippen molar-refractivity contribution in [3.8, 4) is 5.75 Å². The number of amides is 1. The molecule has 0 aromatic heterocycles. The van der Waals surface area contributed by atoms with Gasteiger partial charge in [-0.25, -0.2) is 8.42 Å². The third-order valence-corrected chi connectivity index (χ3v) is 5.47. The van der Waals surface area contributed by atoms with Crippen LogP contribution in [-0.4, -0.2) is 38.5 Å². The average Bonchev–Trinajstić information content (AvgIpc) is 2.67. The first-order valence-electron chi connectivity index (χ1n) is 5.93. The predicted molar refractivity (Wildman–Crippen MR) is 79.8 cm³/mol. The van der Waals surface area contributed by atoms with Gasteiger partial charge in [0.15, 0.2) is 16.4 Å². The van der Waals surface area contributed by atoms with Crippen LogP contribution in [0.25, 0.3) is 0 Å². The zero-order valence-corrected chi connectivity index (χ0v) is 13.6. The first kappa shape index (κ1) is 15.6. The van der Waals surface area contributed by atoms with Crippen LogP contribution in [0.5, 0.6) is 5.75 Å². The Morgan fingerprint density at radius 3 is 2.85 bits per heavy atom. The minimum Gasteiger partial charge on any atom is -0.483 e. The molecule has 1 aromatic rings. The molecule has 0 spiro atoms.